The molecule has 2 aromatic heterocycles. The molecule has 4 aliphatic heterocycles. The number of nitrogens with zero attached hydrogens (tertiary/aromatic N) is 7. The van der Waals surface area contributed by atoms with Gasteiger partial charge in [-0.3, -0.25) is 9.47 Å². The van der Waals surface area contributed by atoms with E-state index in [0.717, 1.165) is 23.1 Å². The minimum absolute atomic E-state index is 0.0299. The van der Waals surface area contributed by atoms with E-state index in [9.17, 15) is 17.6 Å². The maximum atomic E-state index is 14.9. The molecular formula is C25H24ClF4N7O. The van der Waals surface area contributed by atoms with Crippen molar-refractivity contribution in [3.8, 4) is 5.69 Å². The third-order valence-electron chi connectivity index (χ3n) is 7.76. The Morgan fingerprint density at radius 1 is 1.00 bits per heavy atom. The first-order valence-corrected chi connectivity index (χ1v) is 12.8. The van der Waals surface area contributed by atoms with Gasteiger partial charge in [-0.1, -0.05) is 11.6 Å². The van der Waals surface area contributed by atoms with Gasteiger partial charge in [-0.05, 0) is 35.9 Å². The molecule has 0 unspecified atom stereocenters. The second kappa shape index (κ2) is 8.52. The van der Waals surface area contributed by atoms with Crippen molar-refractivity contribution in [2.45, 2.75) is 25.2 Å². The Hall–Kier alpha value is -2.96. The van der Waals surface area contributed by atoms with Crippen molar-refractivity contribution in [1.29, 1.82) is 0 Å². The number of halogens is 5. The Morgan fingerprint density at radius 3 is 2.47 bits per heavy atom. The minimum Gasteiger partial charge on any atom is -0.375 e. The van der Waals surface area contributed by atoms with E-state index in [1.807, 2.05) is 32.6 Å². The number of pyridine rings is 1. The van der Waals surface area contributed by atoms with E-state index in [-0.39, 0.29) is 25.2 Å². The number of hydrogen-bond acceptors (Lipinski definition) is 7. The summed E-state index contributed by atoms with van der Waals surface area (Å²) in [6, 6.07) is 8.15. The maximum absolute atomic E-state index is 14.9. The predicted octanol–water partition coefficient (Wildman–Crippen LogP) is 3.77. The third-order valence-corrected chi connectivity index (χ3v) is 8.00. The van der Waals surface area contributed by atoms with Crippen LogP contribution >= 0.6 is 11.6 Å². The van der Waals surface area contributed by atoms with Gasteiger partial charge in [-0.2, -0.15) is 0 Å². The van der Waals surface area contributed by atoms with E-state index in [4.69, 9.17) is 16.3 Å². The molecule has 4 aliphatic rings. The molecule has 1 spiro atoms. The highest BCUT2D eigenvalue weighted by molar-refractivity contribution is 6.30. The number of ether oxygens (including phenoxy) is 1. The zero-order valence-corrected chi connectivity index (χ0v) is 21.0. The highest BCUT2D eigenvalue weighted by atomic mass is 35.5. The van der Waals surface area contributed by atoms with Crippen molar-refractivity contribution in [2.75, 3.05) is 55.7 Å². The van der Waals surface area contributed by atoms with Crippen molar-refractivity contribution in [2.24, 2.45) is 5.41 Å². The van der Waals surface area contributed by atoms with Gasteiger partial charge in [0.1, 0.15) is 11.5 Å². The van der Waals surface area contributed by atoms with Gasteiger partial charge in [0.05, 0.1) is 25.4 Å². The van der Waals surface area contributed by atoms with E-state index < -0.39 is 23.6 Å². The first-order valence-electron chi connectivity index (χ1n) is 12.4. The molecule has 8 nitrogen and oxygen atoms in total. The SMILES string of the molecule is Fc1ccc(N2CC3(C2)CN(c2nnc4n2-c2ccc(Cl)cc2CN(CC2(F)COC2)C4)C3)nc1C(F)F. The molecule has 6 heterocycles. The number of anilines is 2. The van der Waals surface area contributed by atoms with Gasteiger partial charge in [0.15, 0.2) is 17.3 Å². The molecule has 0 N–H and O–H groups in total. The van der Waals surface area contributed by atoms with Crippen LogP contribution in [0.1, 0.15) is 23.5 Å². The average Bonchev–Trinajstić information content (AvgIpc) is 3.13. The monoisotopic (exact) mass is 549 g/mol. The molecule has 38 heavy (non-hydrogen) atoms. The van der Waals surface area contributed by atoms with E-state index >= 15 is 0 Å². The van der Waals surface area contributed by atoms with E-state index in [1.54, 1.807) is 0 Å². The molecule has 0 atom stereocenters. The molecule has 0 radical (unpaired) electrons. The topological polar surface area (TPSA) is 62.6 Å². The van der Waals surface area contributed by atoms with Gasteiger partial charge in [-0.15, -0.1) is 10.2 Å². The number of fused-ring (bicyclic) bond motifs is 3. The summed E-state index contributed by atoms with van der Waals surface area (Å²) in [4.78, 5) is 9.88. The summed E-state index contributed by atoms with van der Waals surface area (Å²) in [5, 5.41) is 9.57. The fourth-order valence-corrected chi connectivity index (χ4v) is 6.19. The molecule has 200 valence electrons. The smallest absolute Gasteiger partial charge is 0.283 e. The van der Waals surface area contributed by atoms with Crippen LogP contribution in [0.2, 0.25) is 5.02 Å². The predicted molar refractivity (Wildman–Crippen MR) is 131 cm³/mol. The van der Waals surface area contributed by atoms with Crippen LogP contribution in [0.25, 0.3) is 5.69 Å². The Bertz CT molecular complexity index is 1400. The van der Waals surface area contributed by atoms with Crippen LogP contribution in [0.15, 0.2) is 30.3 Å². The lowest BCUT2D eigenvalue weighted by Crippen LogP contribution is -2.73. The molecule has 3 saturated heterocycles. The zero-order valence-electron chi connectivity index (χ0n) is 20.3. The summed E-state index contributed by atoms with van der Waals surface area (Å²) in [6.07, 6.45) is -2.96. The minimum atomic E-state index is -2.96. The zero-order chi connectivity index (χ0) is 26.2. The Morgan fingerprint density at radius 2 is 1.76 bits per heavy atom. The molecule has 13 heteroatoms. The van der Waals surface area contributed by atoms with Crippen LogP contribution < -0.4 is 9.80 Å². The lowest BCUT2D eigenvalue weighted by molar-refractivity contribution is -0.142. The number of benzene rings is 1. The first kappa shape index (κ1) is 24.1. The second-order valence-electron chi connectivity index (χ2n) is 10.9. The molecule has 1 aromatic carbocycles. The lowest BCUT2D eigenvalue weighted by atomic mass is 9.73. The maximum Gasteiger partial charge on any atom is 0.283 e. The second-order valence-corrected chi connectivity index (χ2v) is 11.3. The van der Waals surface area contributed by atoms with Crippen molar-refractivity contribution in [1.82, 2.24) is 24.6 Å². The van der Waals surface area contributed by atoms with Gasteiger partial charge in [0, 0.05) is 49.7 Å². The Kier molecular flexibility index (Phi) is 5.41. The van der Waals surface area contributed by atoms with Crippen molar-refractivity contribution < 1.29 is 22.3 Å². The fraction of sp³-hybridized carbons (Fsp3) is 0.480. The molecule has 3 fully saturated rings. The van der Waals surface area contributed by atoms with Gasteiger partial charge in [0.2, 0.25) is 5.95 Å². The summed E-state index contributed by atoms with van der Waals surface area (Å²) in [5.74, 6) is 0.784. The van der Waals surface area contributed by atoms with Crippen molar-refractivity contribution >= 4 is 23.4 Å². The summed E-state index contributed by atoms with van der Waals surface area (Å²) in [6.45, 7) is 4.05. The number of aromatic nitrogens is 4. The number of alkyl halides is 3. The summed E-state index contributed by atoms with van der Waals surface area (Å²) in [7, 11) is 0. The normalized spacial score (nSPS) is 21.4. The van der Waals surface area contributed by atoms with Crippen molar-refractivity contribution in [3.05, 3.63) is 58.3 Å². The number of rotatable bonds is 5. The van der Waals surface area contributed by atoms with E-state index in [1.165, 1.54) is 6.07 Å². The number of hydrogen-bond donors (Lipinski definition) is 0. The van der Waals surface area contributed by atoms with Crippen LogP contribution in [0.5, 0.6) is 0 Å². The summed E-state index contributed by atoms with van der Waals surface area (Å²) >= 11 is 6.32. The van der Waals surface area contributed by atoms with Crippen LogP contribution in [-0.4, -0.2) is 76.3 Å². The van der Waals surface area contributed by atoms with Crippen LogP contribution in [0.3, 0.4) is 0 Å². The van der Waals surface area contributed by atoms with Crippen LogP contribution in [0.4, 0.5) is 29.3 Å². The van der Waals surface area contributed by atoms with Gasteiger partial charge < -0.3 is 14.5 Å². The Labute approximate surface area is 220 Å². The van der Waals surface area contributed by atoms with Gasteiger partial charge >= 0.3 is 0 Å². The molecule has 7 rings (SSSR count). The lowest BCUT2D eigenvalue weighted by Gasteiger charge is -2.60. The van der Waals surface area contributed by atoms with Crippen LogP contribution in [0, 0.1) is 11.2 Å². The quantitative estimate of drug-likeness (QED) is 0.449. The fourth-order valence-electron chi connectivity index (χ4n) is 5.99. The highest BCUT2D eigenvalue weighted by Crippen LogP contribution is 2.44. The molecule has 0 bridgehead atoms. The van der Waals surface area contributed by atoms with Crippen LogP contribution in [-0.2, 0) is 17.8 Å². The summed E-state index contributed by atoms with van der Waals surface area (Å²) in [5.41, 5.74) is -0.343. The average molecular weight is 550 g/mol. The molecule has 0 aliphatic carbocycles. The standard InChI is InChI=1S/C25H24ClF4N7O/c26-16-1-3-18-15(5-16)6-34(12-25(30)13-38-14-25)7-20-32-33-23(37(18)20)36-10-24(11-36)8-35(9-24)19-4-2-17(27)21(31-19)22(28)29/h1-5,22H,6-14H2. The first-order chi connectivity index (χ1) is 18.2. The van der Waals surface area contributed by atoms with E-state index in [2.05, 4.69) is 20.1 Å². The van der Waals surface area contributed by atoms with Crippen molar-refractivity contribution in [3.63, 3.8) is 0 Å². The van der Waals surface area contributed by atoms with E-state index in [0.29, 0.717) is 56.1 Å². The molecule has 0 saturated carbocycles. The van der Waals surface area contributed by atoms with Gasteiger partial charge in [-0.25, -0.2) is 22.5 Å². The Balaban J connectivity index is 1.10. The largest absolute Gasteiger partial charge is 0.375 e. The molecule has 3 aromatic rings. The third kappa shape index (κ3) is 3.92. The summed E-state index contributed by atoms with van der Waals surface area (Å²) < 4.78 is 61.8. The van der Waals surface area contributed by atoms with Gasteiger partial charge in [0.25, 0.3) is 6.43 Å². The molecular weight excluding hydrogens is 526 g/mol. The molecule has 0 amide bonds. The highest BCUT2D eigenvalue weighted by Gasteiger charge is 2.53.